The van der Waals surface area contributed by atoms with Crippen LogP contribution >= 0.6 is 22.6 Å². The maximum absolute atomic E-state index is 12.8. The molecule has 2 aromatic carbocycles. The molecule has 0 radical (unpaired) electrons. The Labute approximate surface area is 153 Å². The van der Waals surface area contributed by atoms with Crippen LogP contribution in [0.3, 0.4) is 0 Å². The van der Waals surface area contributed by atoms with Gasteiger partial charge in [0.05, 0.1) is 6.54 Å². The summed E-state index contributed by atoms with van der Waals surface area (Å²) in [6.07, 6.45) is 0. The minimum Gasteiger partial charge on any atom is -0.334 e. The molecule has 2 rings (SSSR count). The molecule has 3 N–H and O–H groups in total. The maximum Gasteiger partial charge on any atom is 0.315 e. The summed E-state index contributed by atoms with van der Waals surface area (Å²) >= 11 is 2.20. The first-order valence-electron chi connectivity index (χ1n) is 7.26. The Morgan fingerprint density at radius 2 is 1.79 bits per heavy atom. The number of halogens is 2. The number of urea groups is 1. The van der Waals surface area contributed by atoms with Crippen molar-refractivity contribution >= 4 is 40.2 Å². The van der Waals surface area contributed by atoms with E-state index in [0.717, 1.165) is 14.7 Å². The van der Waals surface area contributed by atoms with Gasteiger partial charge in [-0.2, -0.15) is 0 Å². The molecule has 0 saturated heterocycles. The summed E-state index contributed by atoms with van der Waals surface area (Å²) in [6, 6.07) is 11.0. The molecule has 0 aliphatic carbocycles. The van der Waals surface area contributed by atoms with Gasteiger partial charge in [-0.15, -0.1) is 0 Å². The lowest BCUT2D eigenvalue weighted by atomic mass is 10.2. The number of hydrogen-bond acceptors (Lipinski definition) is 2. The summed E-state index contributed by atoms with van der Waals surface area (Å²) < 4.78 is 13.9. The number of hydrogen-bond donors (Lipinski definition) is 3. The van der Waals surface area contributed by atoms with Crippen molar-refractivity contribution in [3.63, 3.8) is 0 Å². The van der Waals surface area contributed by atoms with Crippen molar-refractivity contribution in [1.29, 1.82) is 0 Å². The highest BCUT2D eigenvalue weighted by Gasteiger charge is 2.07. The SMILES string of the molecule is Cc1cc(I)ccc1NC(=O)CNC(=O)NCc1ccc(F)cc1. The lowest BCUT2D eigenvalue weighted by Gasteiger charge is -2.10. The number of aryl methyl sites for hydroxylation is 1. The molecule has 0 aliphatic rings. The Morgan fingerprint density at radius 1 is 1.08 bits per heavy atom. The van der Waals surface area contributed by atoms with E-state index in [1.165, 1.54) is 12.1 Å². The molecule has 0 heterocycles. The van der Waals surface area contributed by atoms with Crippen molar-refractivity contribution in [2.24, 2.45) is 0 Å². The molecule has 126 valence electrons. The lowest BCUT2D eigenvalue weighted by Crippen LogP contribution is -2.39. The van der Waals surface area contributed by atoms with Gasteiger partial charge in [0.2, 0.25) is 5.91 Å². The number of amides is 3. The number of carbonyl (C=O) groups excluding carboxylic acids is 2. The average Bonchev–Trinajstić information content (AvgIpc) is 2.55. The smallest absolute Gasteiger partial charge is 0.315 e. The van der Waals surface area contributed by atoms with Crippen molar-refractivity contribution in [3.8, 4) is 0 Å². The van der Waals surface area contributed by atoms with E-state index in [-0.39, 0.29) is 24.8 Å². The quantitative estimate of drug-likeness (QED) is 0.624. The Kier molecular flexibility index (Phi) is 6.53. The molecule has 0 unspecified atom stereocenters. The summed E-state index contributed by atoms with van der Waals surface area (Å²) in [5, 5.41) is 7.83. The fraction of sp³-hybridized carbons (Fsp3) is 0.176. The van der Waals surface area contributed by atoms with E-state index in [2.05, 4.69) is 38.5 Å². The predicted octanol–water partition coefficient (Wildman–Crippen LogP) is 3.18. The fourth-order valence-corrected chi connectivity index (χ4v) is 2.62. The van der Waals surface area contributed by atoms with Gasteiger partial charge in [0.25, 0.3) is 0 Å². The molecule has 0 aromatic heterocycles. The summed E-state index contributed by atoms with van der Waals surface area (Å²) in [7, 11) is 0. The van der Waals surface area contributed by atoms with Crippen molar-refractivity contribution in [1.82, 2.24) is 10.6 Å². The molecular formula is C17H17FIN3O2. The van der Waals surface area contributed by atoms with E-state index in [9.17, 15) is 14.0 Å². The number of carbonyl (C=O) groups is 2. The van der Waals surface area contributed by atoms with Crippen molar-refractivity contribution < 1.29 is 14.0 Å². The highest BCUT2D eigenvalue weighted by molar-refractivity contribution is 14.1. The van der Waals surface area contributed by atoms with E-state index >= 15 is 0 Å². The van der Waals surface area contributed by atoms with E-state index < -0.39 is 6.03 Å². The first kappa shape index (κ1) is 18.2. The third kappa shape index (κ3) is 5.80. The summed E-state index contributed by atoms with van der Waals surface area (Å²) in [6.45, 7) is 2.02. The molecule has 0 saturated carbocycles. The third-order valence-electron chi connectivity index (χ3n) is 3.24. The second-order valence-electron chi connectivity index (χ2n) is 5.17. The van der Waals surface area contributed by atoms with Gasteiger partial charge in [-0.1, -0.05) is 12.1 Å². The zero-order valence-electron chi connectivity index (χ0n) is 13.0. The van der Waals surface area contributed by atoms with Crippen LogP contribution < -0.4 is 16.0 Å². The Bertz CT molecular complexity index is 735. The van der Waals surface area contributed by atoms with Gasteiger partial charge in [-0.05, 0) is 71.0 Å². The van der Waals surface area contributed by atoms with Crippen LogP contribution in [-0.2, 0) is 11.3 Å². The second kappa shape index (κ2) is 8.62. The van der Waals surface area contributed by atoms with Crippen LogP contribution in [-0.4, -0.2) is 18.5 Å². The molecule has 0 aliphatic heterocycles. The maximum atomic E-state index is 12.8. The summed E-state index contributed by atoms with van der Waals surface area (Å²) in [4.78, 5) is 23.5. The Balaban J connectivity index is 1.74. The Morgan fingerprint density at radius 3 is 2.46 bits per heavy atom. The first-order chi connectivity index (χ1) is 11.4. The normalized spacial score (nSPS) is 10.1. The van der Waals surface area contributed by atoms with E-state index in [1.807, 2.05) is 25.1 Å². The molecule has 7 heteroatoms. The minimum absolute atomic E-state index is 0.138. The molecule has 0 atom stereocenters. The van der Waals surface area contributed by atoms with E-state index in [0.29, 0.717) is 5.69 Å². The van der Waals surface area contributed by atoms with Crippen molar-refractivity contribution in [2.75, 3.05) is 11.9 Å². The predicted molar refractivity (Wildman–Crippen MR) is 99.2 cm³/mol. The number of rotatable bonds is 5. The summed E-state index contributed by atoms with van der Waals surface area (Å²) in [5.41, 5.74) is 2.44. The second-order valence-corrected chi connectivity index (χ2v) is 6.42. The van der Waals surface area contributed by atoms with Gasteiger partial charge >= 0.3 is 6.03 Å². The zero-order valence-corrected chi connectivity index (χ0v) is 15.2. The van der Waals surface area contributed by atoms with Crippen molar-refractivity contribution in [2.45, 2.75) is 13.5 Å². The van der Waals surface area contributed by atoms with Gasteiger partial charge in [-0.3, -0.25) is 4.79 Å². The standard InChI is InChI=1S/C17H17FIN3O2/c1-11-8-14(19)6-7-15(11)22-16(23)10-21-17(24)20-9-12-2-4-13(18)5-3-12/h2-8H,9-10H2,1H3,(H,22,23)(H2,20,21,24). The van der Waals surface area contributed by atoms with Crippen LogP contribution in [0.1, 0.15) is 11.1 Å². The van der Waals surface area contributed by atoms with Gasteiger partial charge in [-0.25, -0.2) is 9.18 Å². The molecule has 2 aromatic rings. The third-order valence-corrected chi connectivity index (χ3v) is 3.91. The number of nitrogens with one attached hydrogen (secondary N) is 3. The topological polar surface area (TPSA) is 70.2 Å². The number of anilines is 1. The molecule has 5 nitrogen and oxygen atoms in total. The van der Waals surface area contributed by atoms with Crippen molar-refractivity contribution in [3.05, 3.63) is 63.0 Å². The van der Waals surface area contributed by atoms with Crippen LogP contribution in [0.4, 0.5) is 14.9 Å². The van der Waals surface area contributed by atoms with Crippen LogP contribution in [0.25, 0.3) is 0 Å². The van der Waals surface area contributed by atoms with Crippen LogP contribution in [0, 0.1) is 16.3 Å². The monoisotopic (exact) mass is 441 g/mol. The average molecular weight is 441 g/mol. The Hall–Kier alpha value is -2.16. The molecule has 0 bridgehead atoms. The first-order valence-corrected chi connectivity index (χ1v) is 8.34. The molecular weight excluding hydrogens is 424 g/mol. The van der Waals surface area contributed by atoms with Gasteiger partial charge in [0, 0.05) is 15.8 Å². The van der Waals surface area contributed by atoms with E-state index in [1.54, 1.807) is 12.1 Å². The van der Waals surface area contributed by atoms with Crippen LogP contribution in [0.5, 0.6) is 0 Å². The highest BCUT2D eigenvalue weighted by atomic mass is 127. The molecule has 0 fully saturated rings. The summed E-state index contributed by atoms with van der Waals surface area (Å²) in [5.74, 6) is -0.637. The highest BCUT2D eigenvalue weighted by Crippen LogP contribution is 2.17. The van der Waals surface area contributed by atoms with E-state index in [4.69, 9.17) is 0 Å². The molecule has 3 amide bonds. The van der Waals surface area contributed by atoms with Crippen LogP contribution in [0.15, 0.2) is 42.5 Å². The largest absolute Gasteiger partial charge is 0.334 e. The van der Waals surface area contributed by atoms with Gasteiger partial charge < -0.3 is 16.0 Å². The molecule has 24 heavy (non-hydrogen) atoms. The zero-order chi connectivity index (χ0) is 17.5. The lowest BCUT2D eigenvalue weighted by molar-refractivity contribution is -0.115. The fourth-order valence-electron chi connectivity index (χ4n) is 1.97. The minimum atomic E-state index is -0.464. The number of benzene rings is 2. The van der Waals surface area contributed by atoms with Gasteiger partial charge in [0.1, 0.15) is 5.82 Å². The molecule has 0 spiro atoms. The van der Waals surface area contributed by atoms with Gasteiger partial charge in [0.15, 0.2) is 0 Å². The van der Waals surface area contributed by atoms with Crippen LogP contribution in [0.2, 0.25) is 0 Å².